The molecule has 0 atom stereocenters. The third kappa shape index (κ3) is 5.40. The van der Waals surface area contributed by atoms with E-state index in [4.69, 9.17) is 27.9 Å². The smallest absolute Gasteiger partial charge is 0.139 e. The van der Waals surface area contributed by atoms with Crippen LogP contribution in [0.1, 0.15) is 11.1 Å². The maximum atomic E-state index is 6.08. The maximum absolute atomic E-state index is 6.08. The quantitative estimate of drug-likeness (QED) is 0.363. The molecule has 0 saturated carbocycles. The zero-order valence-electron chi connectivity index (χ0n) is 13.6. The Kier molecular flexibility index (Phi) is 6.87. The van der Waals surface area contributed by atoms with E-state index < -0.39 is 0 Å². The van der Waals surface area contributed by atoms with Crippen LogP contribution in [-0.2, 0) is 13.2 Å². The second-order valence-corrected chi connectivity index (χ2v) is 8.30. The van der Waals surface area contributed by atoms with Crippen molar-refractivity contribution >= 4 is 60.7 Å². The van der Waals surface area contributed by atoms with Crippen molar-refractivity contribution in [3.63, 3.8) is 0 Å². The summed E-state index contributed by atoms with van der Waals surface area (Å²) in [5, 5.41) is 4.80. The van der Waals surface area contributed by atoms with Gasteiger partial charge in [0.05, 0.1) is 4.47 Å². The number of ether oxygens (including phenoxy) is 1. The van der Waals surface area contributed by atoms with Crippen molar-refractivity contribution in [1.82, 2.24) is 0 Å². The van der Waals surface area contributed by atoms with Gasteiger partial charge in [0.1, 0.15) is 12.4 Å². The number of halogens is 4. The molecule has 0 saturated heterocycles. The second kappa shape index (κ2) is 9.14. The average molecular weight is 516 g/mol. The Morgan fingerprint density at radius 2 is 1.65 bits per heavy atom. The molecule has 3 aromatic rings. The summed E-state index contributed by atoms with van der Waals surface area (Å²) in [4.78, 5) is 0. The van der Waals surface area contributed by atoms with E-state index in [1.165, 1.54) is 0 Å². The van der Waals surface area contributed by atoms with Crippen LogP contribution in [0.4, 0.5) is 5.69 Å². The molecule has 0 aromatic heterocycles. The summed E-state index contributed by atoms with van der Waals surface area (Å²) < 4.78 is 7.95. The van der Waals surface area contributed by atoms with Gasteiger partial charge in [0.15, 0.2) is 0 Å². The van der Waals surface area contributed by atoms with Crippen molar-refractivity contribution in [2.24, 2.45) is 0 Å². The molecular weight excluding hydrogens is 501 g/mol. The lowest BCUT2D eigenvalue weighted by atomic mass is 10.2. The lowest BCUT2D eigenvalue weighted by Gasteiger charge is -2.15. The van der Waals surface area contributed by atoms with Gasteiger partial charge in [-0.15, -0.1) is 0 Å². The van der Waals surface area contributed by atoms with Crippen molar-refractivity contribution in [3.8, 4) is 5.75 Å². The van der Waals surface area contributed by atoms with Gasteiger partial charge < -0.3 is 10.1 Å². The summed E-state index contributed by atoms with van der Waals surface area (Å²) in [5.41, 5.74) is 3.04. The molecule has 134 valence electrons. The molecule has 1 N–H and O–H groups in total. The first kappa shape index (κ1) is 19.6. The van der Waals surface area contributed by atoms with Gasteiger partial charge in [-0.3, -0.25) is 0 Å². The summed E-state index contributed by atoms with van der Waals surface area (Å²) in [6.07, 6.45) is 0. The first-order valence-corrected chi connectivity index (χ1v) is 10.2. The largest absolute Gasteiger partial charge is 0.487 e. The van der Waals surface area contributed by atoms with Gasteiger partial charge in [-0.05, 0) is 70.0 Å². The number of hydrogen-bond donors (Lipinski definition) is 1. The first-order valence-electron chi connectivity index (χ1n) is 7.86. The lowest BCUT2D eigenvalue weighted by Crippen LogP contribution is -2.04. The molecular formula is C20H15Br2Cl2NO. The molecule has 0 unspecified atom stereocenters. The third-order valence-electron chi connectivity index (χ3n) is 3.68. The van der Waals surface area contributed by atoms with Crippen LogP contribution >= 0.6 is 55.1 Å². The van der Waals surface area contributed by atoms with E-state index in [-0.39, 0.29) is 0 Å². The van der Waals surface area contributed by atoms with Crippen molar-refractivity contribution in [1.29, 1.82) is 0 Å². The fourth-order valence-electron chi connectivity index (χ4n) is 2.45. The molecule has 3 aromatic carbocycles. The molecule has 3 rings (SSSR count). The summed E-state index contributed by atoms with van der Waals surface area (Å²) in [7, 11) is 0. The number of benzene rings is 3. The lowest BCUT2D eigenvalue weighted by molar-refractivity contribution is 0.301. The van der Waals surface area contributed by atoms with Gasteiger partial charge in [0.25, 0.3) is 0 Å². The SMILES string of the molecule is Clc1ccc(NCc2cc(Br)cc(Br)c2OCc2cccc(Cl)c2)cc1. The molecule has 26 heavy (non-hydrogen) atoms. The predicted molar refractivity (Wildman–Crippen MR) is 116 cm³/mol. The van der Waals surface area contributed by atoms with Crippen molar-refractivity contribution < 1.29 is 4.74 Å². The molecule has 0 aliphatic heterocycles. The number of hydrogen-bond acceptors (Lipinski definition) is 2. The average Bonchev–Trinajstić information content (AvgIpc) is 2.60. The van der Waals surface area contributed by atoms with E-state index >= 15 is 0 Å². The van der Waals surface area contributed by atoms with E-state index in [0.717, 1.165) is 31.5 Å². The van der Waals surface area contributed by atoms with Crippen molar-refractivity contribution in [3.05, 3.63) is 90.8 Å². The van der Waals surface area contributed by atoms with Crippen LogP contribution in [0.3, 0.4) is 0 Å². The normalized spacial score (nSPS) is 10.6. The first-order chi connectivity index (χ1) is 12.5. The molecule has 2 nitrogen and oxygen atoms in total. The Bertz CT molecular complexity index is 901. The zero-order valence-corrected chi connectivity index (χ0v) is 18.3. The predicted octanol–water partition coefficient (Wildman–Crippen LogP) is 7.71. The highest BCUT2D eigenvalue weighted by Crippen LogP contribution is 2.34. The Labute approximate surface area is 179 Å². The summed E-state index contributed by atoms with van der Waals surface area (Å²) in [6.45, 7) is 1.05. The Morgan fingerprint density at radius 3 is 2.38 bits per heavy atom. The minimum atomic E-state index is 0.439. The molecule has 0 fully saturated rings. The highest BCUT2D eigenvalue weighted by atomic mass is 79.9. The van der Waals surface area contributed by atoms with Gasteiger partial charge in [-0.1, -0.05) is 51.3 Å². The zero-order chi connectivity index (χ0) is 18.5. The van der Waals surface area contributed by atoms with Crippen LogP contribution < -0.4 is 10.1 Å². The second-order valence-electron chi connectivity index (χ2n) is 5.65. The summed E-state index contributed by atoms with van der Waals surface area (Å²) in [6, 6.07) is 19.3. The van der Waals surface area contributed by atoms with E-state index in [1.807, 2.05) is 60.7 Å². The molecule has 0 spiro atoms. The molecule has 0 amide bonds. The van der Waals surface area contributed by atoms with Crippen LogP contribution in [0.15, 0.2) is 69.6 Å². The van der Waals surface area contributed by atoms with Gasteiger partial charge in [-0.25, -0.2) is 0 Å². The Morgan fingerprint density at radius 1 is 0.885 bits per heavy atom. The fraction of sp³-hybridized carbons (Fsp3) is 0.100. The van der Waals surface area contributed by atoms with E-state index in [0.29, 0.717) is 23.2 Å². The molecule has 0 bridgehead atoms. The monoisotopic (exact) mass is 513 g/mol. The number of rotatable bonds is 6. The molecule has 0 radical (unpaired) electrons. The van der Waals surface area contributed by atoms with E-state index in [9.17, 15) is 0 Å². The Hall–Kier alpha value is -1.20. The summed E-state index contributed by atoms with van der Waals surface area (Å²) >= 11 is 19.1. The van der Waals surface area contributed by atoms with Gasteiger partial charge >= 0.3 is 0 Å². The summed E-state index contributed by atoms with van der Waals surface area (Å²) in [5.74, 6) is 0.801. The topological polar surface area (TPSA) is 21.3 Å². The number of nitrogens with one attached hydrogen (secondary N) is 1. The maximum Gasteiger partial charge on any atom is 0.139 e. The van der Waals surface area contributed by atoms with Crippen LogP contribution in [-0.4, -0.2) is 0 Å². The van der Waals surface area contributed by atoms with Gasteiger partial charge in [-0.2, -0.15) is 0 Å². The minimum absolute atomic E-state index is 0.439. The highest BCUT2D eigenvalue weighted by molar-refractivity contribution is 9.11. The van der Waals surface area contributed by atoms with Crippen LogP contribution in [0.5, 0.6) is 5.75 Å². The van der Waals surface area contributed by atoms with Crippen LogP contribution in [0, 0.1) is 0 Å². The van der Waals surface area contributed by atoms with Crippen LogP contribution in [0.25, 0.3) is 0 Å². The standard InChI is InChI=1S/C20H15Br2Cl2NO/c21-15-9-14(11-25-18-6-4-16(23)5-7-18)20(19(22)10-15)26-12-13-2-1-3-17(24)8-13/h1-10,25H,11-12H2. The van der Waals surface area contributed by atoms with Crippen molar-refractivity contribution in [2.75, 3.05) is 5.32 Å². The highest BCUT2D eigenvalue weighted by Gasteiger charge is 2.11. The third-order valence-corrected chi connectivity index (χ3v) is 5.22. The number of anilines is 1. The molecule has 0 heterocycles. The van der Waals surface area contributed by atoms with Gasteiger partial charge in [0, 0.05) is 32.3 Å². The van der Waals surface area contributed by atoms with E-state index in [1.54, 1.807) is 0 Å². The Balaban J connectivity index is 1.76. The van der Waals surface area contributed by atoms with E-state index in [2.05, 4.69) is 37.2 Å². The van der Waals surface area contributed by atoms with Crippen molar-refractivity contribution in [2.45, 2.75) is 13.2 Å². The van der Waals surface area contributed by atoms with Gasteiger partial charge in [0.2, 0.25) is 0 Å². The molecule has 0 aliphatic rings. The van der Waals surface area contributed by atoms with Crippen LogP contribution in [0.2, 0.25) is 10.0 Å². The fourth-order valence-corrected chi connectivity index (χ4v) is 4.22. The minimum Gasteiger partial charge on any atom is -0.487 e. The molecule has 0 aliphatic carbocycles. The molecule has 6 heteroatoms.